The summed E-state index contributed by atoms with van der Waals surface area (Å²) in [6.07, 6.45) is 1.46. The first kappa shape index (κ1) is 37.6. The Kier molecular flexibility index (Phi) is 11.6. The fourth-order valence-electron chi connectivity index (χ4n) is 6.90. The van der Waals surface area contributed by atoms with E-state index in [1.165, 1.54) is 0 Å². The van der Waals surface area contributed by atoms with Gasteiger partial charge in [-0.15, -0.1) is 5.11 Å². The first-order valence-electron chi connectivity index (χ1n) is 18.3. The van der Waals surface area contributed by atoms with Gasteiger partial charge in [0.25, 0.3) is 0 Å². The molecule has 6 rings (SSSR count). The lowest BCUT2D eigenvalue weighted by atomic mass is 9.77. The van der Waals surface area contributed by atoms with Gasteiger partial charge < -0.3 is 20.3 Å². The molecule has 3 N–H and O–H groups in total. The molecule has 0 aliphatic carbocycles. The topological polar surface area (TPSA) is 127 Å². The van der Waals surface area contributed by atoms with Crippen LogP contribution in [0.25, 0.3) is 11.1 Å². The number of ether oxygens (including phenoxy) is 1. The lowest BCUT2D eigenvalue weighted by molar-refractivity contribution is 0.0469. The Bertz CT molecular complexity index is 2130. The summed E-state index contributed by atoms with van der Waals surface area (Å²) in [4.78, 5) is 23.6. The molecule has 0 aliphatic heterocycles. The molecule has 274 valence electrons. The highest BCUT2D eigenvalue weighted by atomic mass is 16.5. The Hall–Kier alpha value is -6.19. The van der Waals surface area contributed by atoms with Crippen molar-refractivity contribution < 1.29 is 14.6 Å². The van der Waals surface area contributed by atoms with Gasteiger partial charge in [0.1, 0.15) is 22.7 Å². The van der Waals surface area contributed by atoms with Crippen LogP contribution < -0.4 is 5.84 Å². The molecule has 0 unspecified atom stereocenters. The van der Waals surface area contributed by atoms with Crippen LogP contribution in [0.5, 0.6) is 0 Å². The smallest absolute Gasteiger partial charge is 0.357 e. The average molecular weight is 719 g/mol. The molecule has 54 heavy (non-hydrogen) atoms. The lowest BCUT2D eigenvalue weighted by Gasteiger charge is -2.32. The second-order valence-corrected chi connectivity index (χ2v) is 13.5. The summed E-state index contributed by atoms with van der Waals surface area (Å²) in [6, 6.07) is 46.6. The zero-order chi connectivity index (χ0) is 38.1. The maximum Gasteiger partial charge on any atom is 0.357 e. The Morgan fingerprint density at radius 3 is 1.81 bits per heavy atom. The fraction of sp³-hybridized carbons (Fsp3) is 0.222. The van der Waals surface area contributed by atoms with Gasteiger partial charge in [-0.1, -0.05) is 152 Å². The lowest BCUT2D eigenvalue weighted by Crippen LogP contribution is -2.29. The van der Waals surface area contributed by atoms with Gasteiger partial charge >= 0.3 is 5.97 Å². The number of aliphatic imine (C=N–C) groups is 1. The number of aryl methyl sites for hydroxylation is 1. The number of nitrogens with two attached hydrogens (primary N) is 1. The van der Waals surface area contributed by atoms with Crippen LogP contribution in [-0.4, -0.2) is 33.1 Å². The molecule has 0 spiro atoms. The number of carbonyl (C=O) groups is 1. The number of hydrogen-bond acceptors (Lipinski definition) is 6. The Balaban J connectivity index is 1.47. The average Bonchev–Trinajstić information content (AvgIpc) is 3.56. The summed E-state index contributed by atoms with van der Waals surface area (Å²) < 4.78 is 7.31. The van der Waals surface area contributed by atoms with Gasteiger partial charge in [-0.05, 0) is 60.6 Å². The van der Waals surface area contributed by atoms with Gasteiger partial charge in [0.15, 0.2) is 11.5 Å². The van der Waals surface area contributed by atoms with E-state index in [1.54, 1.807) is 20.8 Å². The van der Waals surface area contributed by atoms with Crippen LogP contribution in [0.3, 0.4) is 0 Å². The van der Waals surface area contributed by atoms with Gasteiger partial charge in [-0.3, -0.25) is 0 Å². The van der Waals surface area contributed by atoms with Gasteiger partial charge in [0.05, 0.1) is 6.61 Å². The molecular formula is C45H46N6O3. The van der Waals surface area contributed by atoms with Crippen LogP contribution in [0.1, 0.15) is 83.9 Å². The van der Waals surface area contributed by atoms with Crippen molar-refractivity contribution in [3.8, 4) is 11.1 Å². The third-order valence-electron chi connectivity index (χ3n) is 9.34. The predicted octanol–water partition coefficient (Wildman–Crippen LogP) is 9.02. The molecule has 1 heterocycles. The number of amidine groups is 1. The van der Waals surface area contributed by atoms with Crippen LogP contribution in [0.4, 0.5) is 0 Å². The van der Waals surface area contributed by atoms with Crippen molar-refractivity contribution in [2.45, 2.75) is 58.2 Å². The summed E-state index contributed by atoms with van der Waals surface area (Å²) in [7, 11) is 0. The highest BCUT2D eigenvalue weighted by molar-refractivity contribution is 6.05. The molecule has 0 radical (unpaired) electrons. The molecule has 5 aromatic carbocycles. The molecule has 0 bridgehead atoms. The molecule has 0 amide bonds. The number of benzene rings is 5. The van der Waals surface area contributed by atoms with E-state index in [2.05, 4.69) is 53.7 Å². The molecular weight excluding hydrogens is 673 g/mol. The van der Waals surface area contributed by atoms with Crippen molar-refractivity contribution >= 4 is 11.8 Å². The zero-order valence-electron chi connectivity index (χ0n) is 31.2. The monoisotopic (exact) mass is 718 g/mol. The Morgan fingerprint density at radius 1 is 0.778 bits per heavy atom. The molecule has 1 aromatic heterocycles. The van der Waals surface area contributed by atoms with E-state index >= 15 is 0 Å². The van der Waals surface area contributed by atoms with Crippen molar-refractivity contribution in [3.05, 3.63) is 185 Å². The maximum atomic E-state index is 13.3. The minimum absolute atomic E-state index is 0.213. The minimum atomic E-state index is -1.33. The van der Waals surface area contributed by atoms with Crippen molar-refractivity contribution in [1.29, 1.82) is 0 Å². The van der Waals surface area contributed by atoms with Gasteiger partial charge in [0, 0.05) is 18.5 Å². The molecule has 6 aromatic rings. The van der Waals surface area contributed by atoms with E-state index in [-0.39, 0.29) is 12.3 Å². The Morgan fingerprint density at radius 2 is 1.31 bits per heavy atom. The quantitative estimate of drug-likeness (QED) is 0.0234. The highest BCUT2D eigenvalue weighted by Gasteiger charge is 2.37. The molecule has 0 saturated heterocycles. The van der Waals surface area contributed by atoms with Crippen molar-refractivity contribution in [1.82, 2.24) is 9.55 Å². The van der Waals surface area contributed by atoms with Crippen molar-refractivity contribution in [2.24, 2.45) is 21.2 Å². The van der Waals surface area contributed by atoms with E-state index in [9.17, 15) is 9.90 Å². The van der Waals surface area contributed by atoms with E-state index in [0.717, 1.165) is 51.2 Å². The number of esters is 1. The molecule has 9 heteroatoms. The number of carbonyl (C=O) groups excluding carboxylic acids is 1. The first-order chi connectivity index (χ1) is 26.2. The zero-order valence-corrected chi connectivity index (χ0v) is 31.2. The number of nitrogens with zero attached hydrogens (tertiary/aromatic N) is 5. The number of imidazole rings is 1. The Labute approximate surface area is 316 Å². The van der Waals surface area contributed by atoms with Crippen LogP contribution >= 0.6 is 0 Å². The second kappa shape index (κ2) is 16.7. The van der Waals surface area contributed by atoms with Crippen LogP contribution in [0.2, 0.25) is 0 Å². The third kappa shape index (κ3) is 7.77. The SMILES string of the molecule is CCCc1nc(C(C)(C)O)c(C(=O)OCC)n1Cc1ccc(-c2ccccc2C(N=NN)=NC(c2ccccc2)(c2ccccc2)c2ccccc2)cc1. The van der Waals surface area contributed by atoms with E-state index in [0.29, 0.717) is 24.5 Å². The van der Waals surface area contributed by atoms with Crippen LogP contribution in [-0.2, 0) is 28.8 Å². The van der Waals surface area contributed by atoms with Gasteiger partial charge in [-0.2, -0.15) is 0 Å². The van der Waals surface area contributed by atoms with Crippen LogP contribution in [0, 0.1) is 0 Å². The molecule has 0 aliphatic rings. The fourth-order valence-corrected chi connectivity index (χ4v) is 6.90. The maximum absolute atomic E-state index is 13.3. The molecule has 0 saturated carbocycles. The minimum Gasteiger partial charge on any atom is -0.461 e. The standard InChI is InChI=1S/C45H46N6O3/c1-5-18-39-47-41(44(3,4)53)40(43(52)54-6-2)51(39)31-32-27-29-33(30-28-32)37-25-16-17-26-38(37)42(49-50-46)48-45(34-19-10-7-11-20-34,35-21-12-8-13-22-35)36-23-14-9-15-24-36/h7-17,19-30,53H,5-6,18,31H2,1-4H3,(H2,46,48,49). The van der Waals surface area contributed by atoms with Crippen LogP contribution in [0.15, 0.2) is 155 Å². The first-order valence-corrected chi connectivity index (χ1v) is 18.3. The van der Waals surface area contributed by atoms with E-state index in [1.807, 2.05) is 108 Å². The summed E-state index contributed by atoms with van der Waals surface area (Å²) >= 11 is 0. The summed E-state index contributed by atoms with van der Waals surface area (Å²) in [6.45, 7) is 7.68. The number of aromatic nitrogens is 2. The van der Waals surface area contributed by atoms with Gasteiger partial charge in [-0.25, -0.2) is 14.8 Å². The van der Waals surface area contributed by atoms with E-state index in [4.69, 9.17) is 20.6 Å². The van der Waals surface area contributed by atoms with Gasteiger partial charge in [0.2, 0.25) is 0 Å². The third-order valence-corrected chi connectivity index (χ3v) is 9.34. The molecule has 0 atom stereocenters. The second-order valence-electron chi connectivity index (χ2n) is 13.5. The largest absolute Gasteiger partial charge is 0.461 e. The van der Waals surface area contributed by atoms with Crippen molar-refractivity contribution in [2.75, 3.05) is 6.61 Å². The molecule has 0 fully saturated rings. The normalized spacial score (nSPS) is 12.3. The summed E-state index contributed by atoms with van der Waals surface area (Å²) in [5.41, 5.74) is 4.69. The number of aliphatic hydroxyl groups is 1. The number of rotatable bonds is 13. The predicted molar refractivity (Wildman–Crippen MR) is 213 cm³/mol. The van der Waals surface area contributed by atoms with Crippen molar-refractivity contribution in [3.63, 3.8) is 0 Å². The summed E-state index contributed by atoms with van der Waals surface area (Å²) in [5, 5.41) is 19.2. The number of hydrogen-bond donors (Lipinski definition) is 2. The molecule has 9 nitrogen and oxygen atoms in total. The summed E-state index contributed by atoms with van der Waals surface area (Å²) in [5.74, 6) is 6.40. The highest BCUT2D eigenvalue weighted by Crippen LogP contribution is 2.42. The van der Waals surface area contributed by atoms with E-state index < -0.39 is 17.1 Å².